The predicted molar refractivity (Wildman–Crippen MR) is 154 cm³/mol. The maximum absolute atomic E-state index is 12.0. The van der Waals surface area contributed by atoms with Crippen molar-refractivity contribution >= 4 is 28.4 Å². The molecule has 0 radical (unpaired) electrons. The molecule has 0 unspecified atom stereocenters. The number of nitrogens with zero attached hydrogens (tertiary/aromatic N) is 1. The largest absolute Gasteiger partial charge is 0.494 e. The van der Waals surface area contributed by atoms with Gasteiger partial charge in [-0.1, -0.05) is 19.6 Å². The van der Waals surface area contributed by atoms with Gasteiger partial charge < -0.3 is 19.7 Å². The number of carbonyl (C=O) groups is 1. The lowest BCUT2D eigenvalue weighted by atomic mass is 9.88. The van der Waals surface area contributed by atoms with Gasteiger partial charge in [0.25, 0.3) is 0 Å². The maximum Gasteiger partial charge on any atom is 0.224 e. The third kappa shape index (κ3) is 6.31. The minimum atomic E-state index is -0.296. The highest BCUT2D eigenvalue weighted by Gasteiger charge is 2.34. The second-order valence-corrected chi connectivity index (χ2v) is 10.3. The molecule has 0 bridgehead atoms. The summed E-state index contributed by atoms with van der Waals surface area (Å²) >= 11 is 0. The highest BCUT2D eigenvalue weighted by atomic mass is 16.5. The first-order chi connectivity index (χ1) is 16.4. The topological polar surface area (TPSA) is 50.8 Å². The van der Waals surface area contributed by atoms with Crippen LogP contribution in [0.1, 0.15) is 80.9 Å². The molecule has 0 fully saturated rings. The van der Waals surface area contributed by atoms with Gasteiger partial charge in [-0.05, 0) is 103 Å². The SMILES string of the molecule is C.CCOc1ccc2c(c1)C(C)=CC(C)(C)N2.CCOc1ccc2c(c1)C(C)=CC(C)(C)N2C(C)=O. The van der Waals surface area contributed by atoms with E-state index in [2.05, 4.69) is 71.1 Å². The van der Waals surface area contributed by atoms with Gasteiger partial charge in [-0.25, -0.2) is 0 Å². The van der Waals surface area contributed by atoms with Gasteiger partial charge in [0.1, 0.15) is 11.5 Å². The Bertz CT molecular complexity index is 1160. The Morgan fingerprint density at radius 1 is 0.861 bits per heavy atom. The summed E-state index contributed by atoms with van der Waals surface area (Å²) < 4.78 is 11.1. The molecular formula is C31H44N2O3. The number of benzene rings is 2. The zero-order chi connectivity index (χ0) is 26.0. The predicted octanol–water partition coefficient (Wildman–Crippen LogP) is 7.96. The van der Waals surface area contributed by atoms with Crippen LogP contribution in [-0.2, 0) is 4.79 Å². The van der Waals surface area contributed by atoms with Crippen LogP contribution in [0.25, 0.3) is 11.1 Å². The van der Waals surface area contributed by atoms with Crippen molar-refractivity contribution in [3.05, 3.63) is 59.7 Å². The van der Waals surface area contributed by atoms with Crippen molar-refractivity contribution in [1.82, 2.24) is 0 Å². The summed E-state index contributed by atoms with van der Waals surface area (Å²) in [6.07, 6.45) is 4.39. The third-order valence-corrected chi connectivity index (χ3v) is 6.17. The molecule has 0 aliphatic carbocycles. The first kappa shape index (κ1) is 29.0. The molecule has 0 saturated carbocycles. The molecule has 2 aliphatic rings. The molecule has 2 aromatic rings. The standard InChI is InChI=1S/C16H21NO2.C14H19NO.CH4/c1-6-19-13-7-8-15-14(9-13)11(2)10-16(4,5)17(15)12(3)18;1-5-16-11-6-7-13-12(8-11)10(2)9-14(3,4)15-13;/h7-10H,6H2,1-5H3;6-9,15H,5H2,1-4H3;1H4. The van der Waals surface area contributed by atoms with Crippen molar-refractivity contribution in [2.75, 3.05) is 23.4 Å². The van der Waals surface area contributed by atoms with Crippen molar-refractivity contribution in [1.29, 1.82) is 0 Å². The van der Waals surface area contributed by atoms with E-state index < -0.39 is 0 Å². The average Bonchev–Trinajstić information content (AvgIpc) is 2.74. The van der Waals surface area contributed by atoms with Gasteiger partial charge in [0.15, 0.2) is 0 Å². The van der Waals surface area contributed by atoms with Crippen molar-refractivity contribution in [3.8, 4) is 11.5 Å². The van der Waals surface area contributed by atoms with Crippen molar-refractivity contribution in [3.63, 3.8) is 0 Å². The van der Waals surface area contributed by atoms with Crippen LogP contribution in [0.4, 0.5) is 11.4 Å². The number of ether oxygens (including phenoxy) is 2. The number of carbonyl (C=O) groups excluding carboxylic acids is 1. The van der Waals surface area contributed by atoms with Crippen LogP contribution in [-0.4, -0.2) is 30.2 Å². The summed E-state index contributed by atoms with van der Waals surface area (Å²) in [7, 11) is 0. The van der Waals surface area contributed by atoms with E-state index in [0.29, 0.717) is 13.2 Å². The Hall–Kier alpha value is -3.21. The molecule has 2 aromatic carbocycles. The Morgan fingerprint density at radius 2 is 1.39 bits per heavy atom. The first-order valence-electron chi connectivity index (χ1n) is 12.4. The van der Waals surface area contributed by atoms with Crippen LogP contribution in [0.15, 0.2) is 48.6 Å². The quantitative estimate of drug-likeness (QED) is 0.470. The molecule has 0 saturated heterocycles. The number of fused-ring (bicyclic) bond motifs is 2. The number of rotatable bonds is 4. The summed E-state index contributed by atoms with van der Waals surface area (Å²) in [6.45, 7) is 19.6. The van der Waals surface area contributed by atoms with Gasteiger partial charge in [0.05, 0.1) is 30.0 Å². The lowest BCUT2D eigenvalue weighted by Gasteiger charge is -2.41. The summed E-state index contributed by atoms with van der Waals surface area (Å²) in [5, 5.41) is 3.50. The molecule has 5 nitrogen and oxygen atoms in total. The van der Waals surface area contributed by atoms with Crippen LogP contribution < -0.4 is 19.7 Å². The zero-order valence-electron chi connectivity index (χ0n) is 22.7. The molecule has 0 spiro atoms. The van der Waals surface area contributed by atoms with Gasteiger partial charge >= 0.3 is 0 Å². The Kier molecular flexibility index (Phi) is 9.06. The molecule has 0 aromatic heterocycles. The van der Waals surface area contributed by atoms with Gasteiger partial charge in [0.2, 0.25) is 5.91 Å². The van der Waals surface area contributed by atoms with Crippen LogP contribution in [0.3, 0.4) is 0 Å². The maximum atomic E-state index is 12.0. The Morgan fingerprint density at radius 3 is 1.94 bits per heavy atom. The molecular weight excluding hydrogens is 448 g/mol. The second kappa shape index (κ2) is 11.2. The normalized spacial score (nSPS) is 16.4. The highest BCUT2D eigenvalue weighted by Crippen LogP contribution is 2.40. The minimum Gasteiger partial charge on any atom is -0.494 e. The molecule has 36 heavy (non-hydrogen) atoms. The monoisotopic (exact) mass is 492 g/mol. The fourth-order valence-electron chi connectivity index (χ4n) is 5.06. The lowest BCUT2D eigenvalue weighted by molar-refractivity contribution is -0.117. The Balaban J connectivity index is 0.000000250. The number of amides is 1. The number of hydrogen-bond donors (Lipinski definition) is 1. The van der Waals surface area contributed by atoms with E-state index in [1.165, 1.54) is 22.4 Å². The lowest BCUT2D eigenvalue weighted by Crippen LogP contribution is -2.47. The van der Waals surface area contributed by atoms with Crippen LogP contribution in [0, 0.1) is 0 Å². The number of nitrogens with one attached hydrogen (secondary N) is 1. The molecule has 2 aliphatic heterocycles. The molecule has 4 rings (SSSR count). The van der Waals surface area contributed by atoms with Gasteiger partial charge in [0, 0.05) is 23.7 Å². The molecule has 5 heteroatoms. The highest BCUT2D eigenvalue weighted by molar-refractivity contribution is 5.99. The first-order valence-corrected chi connectivity index (χ1v) is 12.4. The molecule has 196 valence electrons. The summed E-state index contributed by atoms with van der Waals surface area (Å²) in [4.78, 5) is 13.8. The Labute approximate surface area is 218 Å². The average molecular weight is 493 g/mol. The fraction of sp³-hybridized carbons (Fsp3) is 0.452. The molecule has 1 N–H and O–H groups in total. The van der Waals surface area contributed by atoms with E-state index in [0.717, 1.165) is 22.7 Å². The van der Waals surface area contributed by atoms with Crippen LogP contribution in [0.5, 0.6) is 11.5 Å². The summed E-state index contributed by atoms with van der Waals surface area (Å²) in [6, 6.07) is 12.1. The van der Waals surface area contributed by atoms with Crippen LogP contribution in [0.2, 0.25) is 0 Å². The molecule has 0 atom stereocenters. The van der Waals surface area contributed by atoms with E-state index in [4.69, 9.17) is 9.47 Å². The molecule has 2 heterocycles. The number of hydrogen-bond acceptors (Lipinski definition) is 4. The number of anilines is 2. The van der Waals surface area contributed by atoms with Crippen molar-refractivity contribution in [2.45, 2.75) is 80.8 Å². The third-order valence-electron chi connectivity index (χ3n) is 6.17. The second-order valence-electron chi connectivity index (χ2n) is 10.3. The van der Waals surface area contributed by atoms with Gasteiger partial charge in [-0.3, -0.25) is 4.79 Å². The summed E-state index contributed by atoms with van der Waals surface area (Å²) in [5.74, 6) is 1.84. The van der Waals surface area contributed by atoms with E-state index in [9.17, 15) is 4.79 Å². The zero-order valence-corrected chi connectivity index (χ0v) is 22.7. The van der Waals surface area contributed by atoms with Crippen molar-refractivity contribution in [2.24, 2.45) is 0 Å². The fourth-order valence-corrected chi connectivity index (χ4v) is 5.06. The van der Waals surface area contributed by atoms with E-state index in [1.807, 2.05) is 43.0 Å². The minimum absolute atomic E-state index is 0. The van der Waals surface area contributed by atoms with Gasteiger partial charge in [-0.2, -0.15) is 0 Å². The van der Waals surface area contributed by atoms with Crippen LogP contribution >= 0.6 is 0 Å². The summed E-state index contributed by atoms with van der Waals surface area (Å²) in [5.41, 5.74) is 6.68. The van der Waals surface area contributed by atoms with Gasteiger partial charge in [-0.15, -0.1) is 0 Å². The smallest absolute Gasteiger partial charge is 0.224 e. The van der Waals surface area contributed by atoms with E-state index in [1.54, 1.807) is 6.92 Å². The van der Waals surface area contributed by atoms with E-state index >= 15 is 0 Å². The van der Waals surface area contributed by atoms with E-state index in [-0.39, 0.29) is 24.4 Å². The van der Waals surface area contributed by atoms with Crippen molar-refractivity contribution < 1.29 is 14.3 Å². The molecule has 1 amide bonds. The number of allylic oxidation sites excluding steroid dienone is 2.